The van der Waals surface area contributed by atoms with E-state index >= 15 is 0 Å². The number of nitrogens with one attached hydrogen (secondary N) is 3. The second kappa shape index (κ2) is 58.5. The number of nitrogen functional groups attached to an aromatic ring is 2. The van der Waals surface area contributed by atoms with Crippen LogP contribution in [0.25, 0.3) is 44.9 Å². The van der Waals surface area contributed by atoms with Gasteiger partial charge >= 0.3 is 65.7 Å². The van der Waals surface area contributed by atoms with Crippen LogP contribution in [0.15, 0.2) is 261 Å². The van der Waals surface area contributed by atoms with E-state index in [1.165, 1.54) is 29.5 Å². The van der Waals surface area contributed by atoms with Gasteiger partial charge in [-0.1, -0.05) is 232 Å². The number of H-pyrrole nitrogens is 1. The van der Waals surface area contributed by atoms with Gasteiger partial charge in [-0.05, 0) is 212 Å². The van der Waals surface area contributed by atoms with E-state index in [9.17, 15) is 23.9 Å². The molecule has 14 N–H and O–H groups in total. The zero-order valence-corrected chi connectivity index (χ0v) is 95.0. The number of benzene rings is 7. The number of thioether (sulfide) groups is 4. The Morgan fingerprint density at radius 1 is 0.493 bits per heavy atom. The number of amides is 2. The number of aromatic nitrogens is 9. The summed E-state index contributed by atoms with van der Waals surface area (Å²) in [5, 5.41) is 108. The average molecular weight is 2200 g/mol. The predicted octanol–water partition coefficient (Wildman–Crippen LogP) is 21.2. The summed E-state index contributed by atoms with van der Waals surface area (Å²) in [6.45, 7) is 46.1. The first-order chi connectivity index (χ1) is 69.4. The zero-order chi connectivity index (χ0) is 111. The molecule has 1 saturated heterocycles. The van der Waals surface area contributed by atoms with Gasteiger partial charge < -0.3 is 56.8 Å². The second-order valence-corrected chi connectivity index (χ2v) is 51.6. The van der Waals surface area contributed by atoms with Crippen LogP contribution in [0.2, 0.25) is 0 Å². The quantitative estimate of drug-likeness (QED) is 0.0111. The molecule has 1 aliphatic rings. The Bertz CT molecular complexity index is 6910. The van der Waals surface area contributed by atoms with E-state index in [0.29, 0.717) is 66.7 Å². The molecule has 0 spiro atoms. The number of aliphatic carboxylic acids is 1. The average Bonchev–Trinajstić information content (AvgIpc) is 1.62. The predicted molar refractivity (Wildman–Crippen MR) is 610 cm³/mol. The number of aromatic amines is 1. The van der Waals surface area contributed by atoms with Crippen LogP contribution < -0.4 is 33.0 Å². The number of pyridine rings is 5. The fourth-order valence-electron chi connectivity index (χ4n) is 12.5. The van der Waals surface area contributed by atoms with Crippen LogP contribution in [0.1, 0.15) is 202 Å². The number of nitriles is 4. The topological polar surface area (TPSA) is 528 Å². The minimum absolute atomic E-state index is 0. The molecule has 7 heterocycles. The van der Waals surface area contributed by atoms with Gasteiger partial charge in [-0.15, -0.1) is 57.2 Å². The standard InChI is InChI=1S/C25H26N6OS.C25H25N3OS.C16H17N3S.C12H15BN2O2.C10H14BrNS.C9H10O2.C6H5BN2O2.C6H14O2.CH4.Mg.H2O4S/c1-16-7-9-17(10-8-16)14-22(32)27-20-15-18(11-12-21(20)33-25(2,3)4)19-6-5-13-26-23(19)24-28-30-31-29-24;1-17-7-9-18(10-8-17)14-24(29)28-21-15-19(11-12-23(21)30-25(2,3)4)20-6-5-13-27-22(20)16-26;1-16(2,3)20-15-7-6-11(9-13(15)18)12-5-4-8-19-14(12)10-17;1-11(2)12(3,4)17-13(16-11)9-6-5-7-15-10(9)8-14;1-10(2,3)13-9-5-4-7(11)6-8(9)12;1-7-2-4-8(5-3-7)6-9(10)11;8-4-6-5(7(10)11)2-1-3-9-6;1-5(2,7)6(3,4)8;;;1-4-5(2)3/h5-13,15H,14H2,1-4H3,(H,27,32)(H,28,29,30,31);5-13,15H,14H2,1-4H3,(H,28,29);4-9H,18H2,1-3H3;5-7H,1-4H3;4-6H,12H2,1-3H3;2-5H,6H2,1H3,(H,10,11);1-3,10-11H;7-8H,1-4H3;1H4;;1H,(H,2,3). The first-order valence-electron chi connectivity index (χ1n) is 46.6. The number of carbonyl (C=O) groups is 3. The van der Waals surface area contributed by atoms with Gasteiger partial charge in [0.25, 0.3) is 0 Å². The van der Waals surface area contributed by atoms with Crippen LogP contribution in [0, 0.1) is 66.1 Å². The fraction of sp³-hybridized carbons (Fsp3) is 0.318. The number of rotatable bonds is 20. The van der Waals surface area contributed by atoms with Crippen LogP contribution in [-0.2, 0) is 54.6 Å². The molecule has 0 aliphatic carbocycles. The molecule has 150 heavy (non-hydrogen) atoms. The van der Waals surface area contributed by atoms with Crippen molar-refractivity contribution in [1.29, 1.82) is 21.0 Å². The van der Waals surface area contributed by atoms with Crippen molar-refractivity contribution in [3.63, 3.8) is 0 Å². The molecule has 1 unspecified atom stereocenters. The van der Waals surface area contributed by atoms with Crippen molar-refractivity contribution >= 4 is 156 Å². The van der Waals surface area contributed by atoms with Crippen LogP contribution in [0.4, 0.5) is 22.7 Å². The number of carbonyl (C=O) groups excluding carboxylic acids is 2. The fourth-order valence-corrected chi connectivity index (χ4v) is 16.8. The molecule has 31 nitrogen and oxygen atoms in total. The Morgan fingerprint density at radius 2 is 0.827 bits per heavy atom. The number of hydrogen-bond acceptors (Lipinski definition) is 30. The molecule has 786 valence electrons. The molecular weight excluding hydrogens is 2070 g/mol. The van der Waals surface area contributed by atoms with E-state index < -0.39 is 49.9 Å². The summed E-state index contributed by atoms with van der Waals surface area (Å²) in [6.07, 6.45) is 8.66. The van der Waals surface area contributed by atoms with Gasteiger partial charge in [-0.2, -0.15) is 26.3 Å². The number of tetrazole rings is 1. The molecule has 1 aliphatic heterocycles. The first-order valence-corrected chi connectivity index (χ1v) is 54.0. The molecule has 13 aromatic rings. The van der Waals surface area contributed by atoms with Crippen molar-refractivity contribution in [2.24, 2.45) is 0 Å². The molecule has 0 radical (unpaired) electrons. The normalized spacial score (nSPS) is 12.5. The summed E-state index contributed by atoms with van der Waals surface area (Å²) in [5.74, 6) is -0.493. The van der Waals surface area contributed by atoms with E-state index in [2.05, 4.69) is 184 Å². The molecule has 14 rings (SSSR count). The zero-order valence-electron chi connectivity index (χ0n) is 87.9. The van der Waals surface area contributed by atoms with Crippen LogP contribution >= 0.6 is 63.0 Å². The van der Waals surface area contributed by atoms with Gasteiger partial charge in [0.2, 0.25) is 17.6 Å². The number of aliphatic hydroxyl groups is 2. The van der Waals surface area contributed by atoms with E-state index in [0.717, 1.165) is 102 Å². The van der Waals surface area contributed by atoms with Gasteiger partial charge in [0, 0.05) is 113 Å². The number of anilines is 4. The van der Waals surface area contributed by atoms with Crippen molar-refractivity contribution < 1.29 is 67.4 Å². The van der Waals surface area contributed by atoms with E-state index in [-0.39, 0.29) is 55.8 Å². The third-order valence-electron chi connectivity index (χ3n) is 21.0. The van der Waals surface area contributed by atoms with Crippen molar-refractivity contribution in [2.75, 3.05) is 22.1 Å². The van der Waals surface area contributed by atoms with Gasteiger partial charge in [0.15, 0.2) is 0 Å². The molecular formula is C110H132B2BrMgN17O14S5. The molecule has 2 amide bonds. The van der Waals surface area contributed by atoms with Crippen LogP contribution in [0.5, 0.6) is 0 Å². The number of nitrogens with zero attached hydrogens (tertiary/aromatic N) is 12. The third kappa shape index (κ3) is 44.8. The molecule has 1 fully saturated rings. The number of nitrogens with two attached hydrogens (primary N) is 2. The van der Waals surface area contributed by atoms with E-state index in [1.54, 1.807) is 112 Å². The maximum atomic E-state index is 12.9. The molecule has 1 atom stereocenters. The molecule has 40 heteroatoms. The molecule has 0 saturated carbocycles. The molecule has 0 bridgehead atoms. The first kappa shape index (κ1) is 128. The summed E-state index contributed by atoms with van der Waals surface area (Å²) in [5.41, 5.74) is 26.3. The van der Waals surface area contributed by atoms with E-state index in [1.807, 2.05) is 230 Å². The number of carboxylic acid groups (broad SMARTS) is 1. The van der Waals surface area contributed by atoms with Crippen molar-refractivity contribution in [3.8, 4) is 69.2 Å². The Balaban J connectivity index is 0.000000310. The summed E-state index contributed by atoms with van der Waals surface area (Å²) in [4.78, 5) is 60.5. The summed E-state index contributed by atoms with van der Waals surface area (Å²) in [6, 6.07) is 73.2. The van der Waals surface area contributed by atoms with Crippen molar-refractivity contribution in [3.05, 3.63) is 298 Å². The summed E-state index contributed by atoms with van der Waals surface area (Å²) in [7, 11) is -5.48. The molecule has 7 aromatic carbocycles. The van der Waals surface area contributed by atoms with Crippen LogP contribution in [-0.4, -0.2) is 178 Å². The van der Waals surface area contributed by atoms with E-state index in [4.69, 9.17) is 71.7 Å². The molecule has 6 aromatic heterocycles. The Morgan fingerprint density at radius 3 is 1.17 bits per heavy atom. The second-order valence-electron chi connectivity index (χ2n) is 39.7. The Kier molecular flexibility index (Phi) is 50.1. The van der Waals surface area contributed by atoms with Gasteiger partial charge in [0.1, 0.15) is 52.7 Å². The number of carboxylic acids is 1. The number of hydrogen-bond donors (Lipinski definition) is 12. The number of aryl methyl sites for hydroxylation is 3. The Labute approximate surface area is 918 Å². The van der Waals surface area contributed by atoms with Crippen molar-refractivity contribution in [1.82, 2.24) is 45.5 Å². The Hall–Kier alpha value is -12.1. The monoisotopic (exact) mass is 2200 g/mol. The van der Waals surface area contributed by atoms with Gasteiger partial charge in [0.05, 0.1) is 53.0 Å². The minimum atomic E-state index is -3.33. The van der Waals surface area contributed by atoms with Crippen LogP contribution in [0.3, 0.4) is 0 Å². The SMILES string of the molecule is C.CC(C)(C)Sc1ccc(-c2cccnc2C#N)cc1N.CC(C)(C)Sc1ccc(Br)cc1N.CC(C)(O)C(C)(C)O.CC1(C)OB(c2cccnc2C#N)OC1(C)C.Cc1ccc(CC(=O)Nc2cc(-c3cccnc3-c3nn[nH]n3)ccc2SC(C)(C)C)cc1.Cc1ccc(CC(=O)Nc2cc(-c3cccnc3C#N)ccc2SC(C)(C)C)cc1.Cc1ccc(CC(=O)O)cc1.N#Cc1ncccc1B(O)O.O=[S](O)(=[Mg])OO. The maximum absolute atomic E-state index is 12.9. The summed E-state index contributed by atoms with van der Waals surface area (Å²) >= 11 is 11.0. The van der Waals surface area contributed by atoms with Gasteiger partial charge in [-0.3, -0.25) is 19.4 Å². The third-order valence-corrected chi connectivity index (χ3v) is 26.8. The van der Waals surface area contributed by atoms with Crippen molar-refractivity contribution in [2.45, 2.75) is 247 Å². The van der Waals surface area contributed by atoms with Gasteiger partial charge in [-0.25, -0.2) is 19.9 Å². The number of halogens is 1. The summed E-state index contributed by atoms with van der Waals surface area (Å²) < 4.78 is 33.7.